The molecule has 15 heavy (non-hydrogen) atoms. The van der Waals surface area contributed by atoms with Crippen LogP contribution in [0.4, 0.5) is 0 Å². The summed E-state index contributed by atoms with van der Waals surface area (Å²) < 4.78 is 24.6. The molecular formula is C10H20N2O2S. The van der Waals surface area contributed by atoms with Crippen LogP contribution in [0.2, 0.25) is 0 Å². The lowest BCUT2D eigenvalue weighted by molar-refractivity contribution is 0.385. The van der Waals surface area contributed by atoms with Gasteiger partial charge in [-0.25, -0.2) is 8.42 Å². The van der Waals surface area contributed by atoms with Gasteiger partial charge in [0.2, 0.25) is 10.0 Å². The minimum atomic E-state index is -3.29. The van der Waals surface area contributed by atoms with Crippen LogP contribution >= 0.6 is 0 Å². The number of hydrogen-bond donors (Lipinski definition) is 0. The molecule has 0 saturated heterocycles. The van der Waals surface area contributed by atoms with E-state index in [9.17, 15) is 8.42 Å². The summed E-state index contributed by atoms with van der Waals surface area (Å²) in [6, 6.07) is 1.31. The summed E-state index contributed by atoms with van der Waals surface area (Å²) in [7, 11) is -1.84. The molecule has 0 aliphatic rings. The normalized spacial score (nSPS) is 15.0. The van der Waals surface area contributed by atoms with Crippen LogP contribution in [0.5, 0.6) is 0 Å². The lowest BCUT2D eigenvalue weighted by Crippen LogP contribution is -2.36. The van der Waals surface area contributed by atoms with E-state index in [2.05, 4.69) is 0 Å². The highest BCUT2D eigenvalue weighted by molar-refractivity contribution is 7.89. The molecule has 0 aromatic heterocycles. The van der Waals surface area contributed by atoms with Gasteiger partial charge in [-0.3, -0.25) is 0 Å². The number of nitrogens with zero attached hydrogens (tertiary/aromatic N) is 2. The van der Waals surface area contributed by atoms with Crippen molar-refractivity contribution in [2.75, 3.05) is 12.8 Å². The Morgan fingerprint density at radius 1 is 1.40 bits per heavy atom. The number of hydrogen-bond acceptors (Lipinski definition) is 3. The fourth-order valence-corrected chi connectivity index (χ4v) is 2.59. The minimum absolute atomic E-state index is 0.0101. The van der Waals surface area contributed by atoms with Crippen molar-refractivity contribution in [3.63, 3.8) is 0 Å². The zero-order valence-electron chi connectivity index (χ0n) is 10.1. The average molecular weight is 232 g/mol. The monoisotopic (exact) mass is 232 g/mol. The molecule has 0 amide bonds. The molecule has 0 aliphatic carbocycles. The Morgan fingerprint density at radius 2 is 1.87 bits per heavy atom. The predicted molar refractivity (Wildman–Crippen MR) is 60.7 cm³/mol. The number of nitriles is 1. The third-order valence-corrected chi connectivity index (χ3v) is 4.19. The van der Waals surface area contributed by atoms with Gasteiger partial charge in [0.1, 0.15) is 6.04 Å². The Labute approximate surface area is 92.9 Å². The van der Waals surface area contributed by atoms with Gasteiger partial charge < -0.3 is 0 Å². The van der Waals surface area contributed by atoms with Crippen molar-refractivity contribution >= 4 is 10.0 Å². The highest BCUT2D eigenvalue weighted by Crippen LogP contribution is 2.20. The van der Waals surface area contributed by atoms with Gasteiger partial charge in [0.15, 0.2) is 0 Å². The minimum Gasteiger partial charge on any atom is -0.212 e. The first kappa shape index (κ1) is 14.4. The third-order valence-electron chi connectivity index (χ3n) is 2.28. The molecule has 0 aromatic carbocycles. The van der Waals surface area contributed by atoms with Gasteiger partial charge in [-0.1, -0.05) is 20.8 Å². The summed E-state index contributed by atoms with van der Waals surface area (Å²) in [5.41, 5.74) is -0.0101. The van der Waals surface area contributed by atoms with Crippen LogP contribution in [0.25, 0.3) is 0 Å². The smallest absolute Gasteiger partial charge is 0.212 e. The van der Waals surface area contributed by atoms with Gasteiger partial charge >= 0.3 is 0 Å². The maximum atomic E-state index is 11.8. The first-order valence-electron chi connectivity index (χ1n) is 4.95. The molecule has 0 heterocycles. The van der Waals surface area contributed by atoms with Crippen LogP contribution in [-0.4, -0.2) is 31.6 Å². The van der Waals surface area contributed by atoms with Gasteiger partial charge in [0, 0.05) is 7.05 Å². The van der Waals surface area contributed by atoms with Crippen molar-refractivity contribution < 1.29 is 8.42 Å². The lowest BCUT2D eigenvalue weighted by Gasteiger charge is -2.22. The van der Waals surface area contributed by atoms with Crippen LogP contribution in [-0.2, 0) is 10.0 Å². The molecule has 0 radical (unpaired) electrons. The summed E-state index contributed by atoms with van der Waals surface area (Å²) in [4.78, 5) is 0. The van der Waals surface area contributed by atoms with Crippen molar-refractivity contribution in [1.82, 2.24) is 4.31 Å². The summed E-state index contributed by atoms with van der Waals surface area (Å²) in [5.74, 6) is 0.0962. The fourth-order valence-electron chi connectivity index (χ4n) is 0.901. The summed E-state index contributed by atoms with van der Waals surface area (Å²) in [6.45, 7) is 7.57. The predicted octanol–water partition coefficient (Wildman–Crippen LogP) is 1.60. The molecule has 0 N–H and O–H groups in total. The van der Waals surface area contributed by atoms with E-state index in [1.54, 1.807) is 6.92 Å². The molecule has 0 bridgehead atoms. The van der Waals surface area contributed by atoms with Crippen LogP contribution in [0.1, 0.15) is 34.1 Å². The molecule has 0 aliphatic heterocycles. The van der Waals surface area contributed by atoms with Gasteiger partial charge in [0.05, 0.1) is 11.8 Å². The SMILES string of the molecule is CC(C#N)N(C)S(=O)(=O)CCC(C)(C)C. The van der Waals surface area contributed by atoms with E-state index in [0.717, 1.165) is 4.31 Å². The maximum Gasteiger partial charge on any atom is 0.215 e. The molecule has 88 valence electrons. The zero-order chi connectivity index (χ0) is 12.3. The second-order valence-electron chi connectivity index (χ2n) is 4.95. The highest BCUT2D eigenvalue weighted by Gasteiger charge is 2.24. The molecule has 0 fully saturated rings. The van der Waals surface area contributed by atoms with Crippen molar-refractivity contribution in [2.45, 2.75) is 40.2 Å². The lowest BCUT2D eigenvalue weighted by atomic mass is 9.94. The molecule has 0 spiro atoms. The topological polar surface area (TPSA) is 61.2 Å². The Morgan fingerprint density at radius 3 is 2.20 bits per heavy atom. The Hall–Kier alpha value is -0.600. The molecular weight excluding hydrogens is 212 g/mol. The molecule has 0 aromatic rings. The van der Waals surface area contributed by atoms with Gasteiger partial charge in [-0.2, -0.15) is 9.57 Å². The second kappa shape index (κ2) is 4.95. The van der Waals surface area contributed by atoms with Crippen molar-refractivity contribution in [3.05, 3.63) is 0 Å². The highest BCUT2D eigenvalue weighted by atomic mass is 32.2. The van der Waals surface area contributed by atoms with Crippen molar-refractivity contribution in [3.8, 4) is 6.07 Å². The standard InChI is InChI=1S/C10H20N2O2S/c1-9(8-11)12(5)15(13,14)7-6-10(2,3)4/h9H,6-7H2,1-5H3. The summed E-state index contributed by atoms with van der Waals surface area (Å²) >= 11 is 0. The molecule has 5 heteroatoms. The van der Waals surface area contributed by atoms with E-state index in [0.29, 0.717) is 6.42 Å². The second-order valence-corrected chi connectivity index (χ2v) is 7.10. The Bertz CT molecular complexity index is 335. The van der Waals surface area contributed by atoms with Gasteiger partial charge in [0.25, 0.3) is 0 Å². The van der Waals surface area contributed by atoms with E-state index >= 15 is 0 Å². The first-order chi connectivity index (χ1) is 6.60. The quantitative estimate of drug-likeness (QED) is 0.739. The molecule has 0 saturated carbocycles. The van der Waals surface area contributed by atoms with Crippen LogP contribution in [0, 0.1) is 16.7 Å². The van der Waals surface area contributed by atoms with Crippen LogP contribution < -0.4 is 0 Å². The summed E-state index contributed by atoms with van der Waals surface area (Å²) in [6.07, 6.45) is 0.595. The van der Waals surface area contributed by atoms with Crippen molar-refractivity contribution in [2.24, 2.45) is 5.41 Å². The van der Waals surface area contributed by atoms with E-state index in [1.807, 2.05) is 26.8 Å². The molecule has 1 atom stereocenters. The van der Waals surface area contributed by atoms with E-state index < -0.39 is 16.1 Å². The largest absolute Gasteiger partial charge is 0.215 e. The van der Waals surface area contributed by atoms with Crippen molar-refractivity contribution in [1.29, 1.82) is 5.26 Å². The number of rotatable bonds is 4. The zero-order valence-corrected chi connectivity index (χ0v) is 10.9. The maximum absolute atomic E-state index is 11.8. The molecule has 0 rings (SSSR count). The fraction of sp³-hybridized carbons (Fsp3) is 0.900. The first-order valence-corrected chi connectivity index (χ1v) is 6.56. The van der Waals surface area contributed by atoms with E-state index in [4.69, 9.17) is 5.26 Å². The summed E-state index contributed by atoms with van der Waals surface area (Å²) in [5, 5.41) is 8.64. The number of sulfonamides is 1. The van der Waals surface area contributed by atoms with Crippen LogP contribution in [0.15, 0.2) is 0 Å². The van der Waals surface area contributed by atoms with Gasteiger partial charge in [-0.05, 0) is 18.8 Å². The third kappa shape index (κ3) is 5.14. The van der Waals surface area contributed by atoms with E-state index in [-0.39, 0.29) is 11.2 Å². The van der Waals surface area contributed by atoms with Gasteiger partial charge in [-0.15, -0.1) is 0 Å². The van der Waals surface area contributed by atoms with E-state index in [1.165, 1.54) is 7.05 Å². The molecule has 1 unspecified atom stereocenters. The molecule has 4 nitrogen and oxygen atoms in total. The average Bonchev–Trinajstić information content (AvgIpc) is 2.11. The Kier molecular flexibility index (Phi) is 4.75. The van der Waals surface area contributed by atoms with Crippen LogP contribution in [0.3, 0.4) is 0 Å². The Balaban J connectivity index is 4.52.